The van der Waals surface area contributed by atoms with Crippen LogP contribution in [0.4, 0.5) is 8.78 Å². The molecular formula is C27H29F2N3O. The molecule has 0 aliphatic carbocycles. The second kappa shape index (κ2) is 10.2. The summed E-state index contributed by atoms with van der Waals surface area (Å²) in [5.41, 5.74) is 4.92. The molecule has 0 radical (unpaired) electrons. The van der Waals surface area contributed by atoms with Crippen molar-refractivity contribution in [2.75, 3.05) is 13.1 Å². The number of hydrogen-bond acceptors (Lipinski definition) is 3. The Bertz CT molecular complexity index is 1120. The number of pyridine rings is 1. The number of aryl methyl sites for hydroxylation is 2. The summed E-state index contributed by atoms with van der Waals surface area (Å²) in [7, 11) is 0. The van der Waals surface area contributed by atoms with Gasteiger partial charge in [0.15, 0.2) is 11.6 Å². The summed E-state index contributed by atoms with van der Waals surface area (Å²) in [6.07, 6.45) is 1.62. The van der Waals surface area contributed by atoms with Crippen molar-refractivity contribution < 1.29 is 13.6 Å². The third kappa shape index (κ3) is 5.63. The number of piperidine rings is 1. The molecule has 0 atom stereocenters. The van der Waals surface area contributed by atoms with Gasteiger partial charge in [-0.15, -0.1) is 0 Å². The summed E-state index contributed by atoms with van der Waals surface area (Å²) in [5.74, 6) is -1.55. The van der Waals surface area contributed by atoms with Gasteiger partial charge in [-0.1, -0.05) is 42.0 Å². The van der Waals surface area contributed by atoms with Crippen molar-refractivity contribution in [3.8, 4) is 0 Å². The Hall–Kier alpha value is -3.12. The second-order valence-corrected chi connectivity index (χ2v) is 8.82. The predicted molar refractivity (Wildman–Crippen MR) is 125 cm³/mol. The Morgan fingerprint density at radius 1 is 1.03 bits per heavy atom. The largest absolute Gasteiger partial charge is 0.348 e. The van der Waals surface area contributed by atoms with E-state index in [9.17, 15) is 13.6 Å². The van der Waals surface area contributed by atoms with E-state index in [0.29, 0.717) is 24.2 Å². The van der Waals surface area contributed by atoms with E-state index in [1.54, 1.807) is 12.1 Å². The number of hydrogen-bond donors (Lipinski definition) is 1. The summed E-state index contributed by atoms with van der Waals surface area (Å²) in [6.45, 7) is 6.28. The molecule has 4 rings (SSSR count). The lowest BCUT2D eigenvalue weighted by molar-refractivity contribution is 0.0948. The van der Waals surface area contributed by atoms with Crippen LogP contribution in [0.15, 0.2) is 54.6 Å². The summed E-state index contributed by atoms with van der Waals surface area (Å²) in [4.78, 5) is 19.9. The maximum absolute atomic E-state index is 14.0. The van der Waals surface area contributed by atoms with Crippen LogP contribution in [0.25, 0.3) is 0 Å². The molecule has 1 aliphatic heterocycles. The molecule has 6 heteroatoms. The number of nitrogens with one attached hydrogen (secondary N) is 1. The van der Waals surface area contributed by atoms with E-state index in [1.165, 1.54) is 5.56 Å². The fourth-order valence-corrected chi connectivity index (χ4v) is 4.34. The van der Waals surface area contributed by atoms with Crippen molar-refractivity contribution in [2.24, 2.45) is 0 Å². The van der Waals surface area contributed by atoms with Crippen molar-refractivity contribution in [3.05, 3.63) is 99.9 Å². The minimum Gasteiger partial charge on any atom is -0.348 e. The number of aromatic nitrogens is 1. The normalized spacial score (nSPS) is 14.9. The van der Waals surface area contributed by atoms with Gasteiger partial charge in [0.25, 0.3) is 5.91 Å². The predicted octanol–water partition coefficient (Wildman–Crippen LogP) is 5.29. The standard InChI is InChI=1S/C27H29F2N3O/c1-18-6-9-20(10-7-18)16-30-27(33)23-11-8-19(2)31-26(23)21-12-14-32(15-13-21)17-22-4-3-5-24(28)25(22)29/h3-11,21H,12-17H2,1-2H3,(H,30,33). The van der Waals surface area contributed by atoms with Crippen molar-refractivity contribution in [3.63, 3.8) is 0 Å². The van der Waals surface area contributed by atoms with Gasteiger partial charge in [-0.05, 0) is 63.5 Å². The Morgan fingerprint density at radius 3 is 2.48 bits per heavy atom. The number of carbonyl (C=O) groups excluding carboxylic acids is 1. The van der Waals surface area contributed by atoms with Gasteiger partial charge in [0.1, 0.15) is 0 Å². The van der Waals surface area contributed by atoms with Crippen LogP contribution in [0.2, 0.25) is 0 Å². The Morgan fingerprint density at radius 2 is 1.76 bits per heavy atom. The highest BCUT2D eigenvalue weighted by molar-refractivity contribution is 5.95. The monoisotopic (exact) mass is 449 g/mol. The van der Waals surface area contributed by atoms with E-state index in [4.69, 9.17) is 4.98 Å². The van der Waals surface area contributed by atoms with Crippen LogP contribution >= 0.6 is 0 Å². The summed E-state index contributed by atoms with van der Waals surface area (Å²) in [5, 5.41) is 3.02. The molecule has 1 aromatic heterocycles. The molecule has 1 amide bonds. The molecule has 2 aromatic carbocycles. The number of halogens is 2. The first-order chi connectivity index (χ1) is 15.9. The van der Waals surface area contributed by atoms with Gasteiger partial charge in [0, 0.05) is 30.3 Å². The zero-order valence-corrected chi connectivity index (χ0v) is 19.1. The summed E-state index contributed by atoms with van der Waals surface area (Å²) in [6, 6.07) is 16.1. The highest BCUT2D eigenvalue weighted by Crippen LogP contribution is 2.30. The zero-order valence-electron chi connectivity index (χ0n) is 19.1. The fourth-order valence-electron chi connectivity index (χ4n) is 4.34. The molecule has 2 heterocycles. The van der Waals surface area contributed by atoms with Crippen molar-refractivity contribution in [1.82, 2.24) is 15.2 Å². The topological polar surface area (TPSA) is 45.2 Å². The highest BCUT2D eigenvalue weighted by Gasteiger charge is 2.26. The molecule has 0 spiro atoms. The van der Waals surface area contributed by atoms with E-state index in [2.05, 4.69) is 10.2 Å². The van der Waals surface area contributed by atoms with Crippen LogP contribution in [-0.2, 0) is 13.1 Å². The van der Waals surface area contributed by atoms with E-state index < -0.39 is 11.6 Å². The first kappa shape index (κ1) is 23.1. The summed E-state index contributed by atoms with van der Waals surface area (Å²) >= 11 is 0. The minimum absolute atomic E-state index is 0.123. The smallest absolute Gasteiger partial charge is 0.253 e. The van der Waals surface area contributed by atoms with Gasteiger partial charge in [-0.25, -0.2) is 8.78 Å². The Labute approximate surface area is 193 Å². The SMILES string of the molecule is Cc1ccc(CNC(=O)c2ccc(C)nc2C2CCN(Cc3cccc(F)c3F)CC2)cc1. The number of likely N-dealkylation sites (tertiary alicyclic amines) is 1. The molecule has 1 N–H and O–H groups in total. The van der Waals surface area contributed by atoms with Crippen LogP contribution in [0.3, 0.4) is 0 Å². The molecule has 172 valence electrons. The van der Waals surface area contributed by atoms with Gasteiger partial charge in [-0.3, -0.25) is 14.7 Å². The van der Waals surface area contributed by atoms with E-state index in [-0.39, 0.29) is 11.8 Å². The molecule has 1 aliphatic rings. The molecular weight excluding hydrogens is 420 g/mol. The van der Waals surface area contributed by atoms with E-state index in [0.717, 1.165) is 48.9 Å². The average Bonchev–Trinajstić information content (AvgIpc) is 2.82. The van der Waals surface area contributed by atoms with Gasteiger partial charge >= 0.3 is 0 Å². The maximum Gasteiger partial charge on any atom is 0.253 e. The van der Waals surface area contributed by atoms with E-state index in [1.807, 2.05) is 50.2 Å². The zero-order chi connectivity index (χ0) is 23.4. The molecule has 4 nitrogen and oxygen atoms in total. The van der Waals surface area contributed by atoms with Gasteiger partial charge in [0.2, 0.25) is 0 Å². The van der Waals surface area contributed by atoms with Crippen LogP contribution in [0.1, 0.15) is 57.2 Å². The van der Waals surface area contributed by atoms with Crippen LogP contribution in [-0.4, -0.2) is 28.9 Å². The lowest BCUT2D eigenvalue weighted by Gasteiger charge is -2.32. The molecule has 0 bridgehead atoms. The highest BCUT2D eigenvalue weighted by atomic mass is 19.2. The number of amides is 1. The maximum atomic E-state index is 14.0. The molecule has 1 fully saturated rings. The van der Waals surface area contributed by atoms with Gasteiger partial charge < -0.3 is 5.32 Å². The van der Waals surface area contributed by atoms with E-state index >= 15 is 0 Å². The van der Waals surface area contributed by atoms with Crippen molar-refractivity contribution >= 4 is 5.91 Å². The number of carbonyl (C=O) groups is 1. The third-order valence-corrected chi connectivity index (χ3v) is 6.28. The molecule has 3 aromatic rings. The fraction of sp³-hybridized carbons (Fsp3) is 0.333. The Kier molecular flexibility index (Phi) is 7.14. The average molecular weight is 450 g/mol. The molecule has 0 saturated carbocycles. The van der Waals surface area contributed by atoms with Crippen LogP contribution < -0.4 is 5.32 Å². The van der Waals surface area contributed by atoms with Crippen molar-refractivity contribution in [1.29, 1.82) is 0 Å². The Balaban J connectivity index is 1.41. The van der Waals surface area contributed by atoms with Crippen LogP contribution in [0, 0.1) is 25.5 Å². The number of rotatable bonds is 6. The van der Waals surface area contributed by atoms with Gasteiger partial charge in [-0.2, -0.15) is 0 Å². The third-order valence-electron chi connectivity index (χ3n) is 6.28. The van der Waals surface area contributed by atoms with Crippen LogP contribution in [0.5, 0.6) is 0 Å². The molecule has 0 unspecified atom stereocenters. The quantitative estimate of drug-likeness (QED) is 0.557. The van der Waals surface area contributed by atoms with Crippen molar-refractivity contribution in [2.45, 2.75) is 45.7 Å². The number of benzene rings is 2. The summed E-state index contributed by atoms with van der Waals surface area (Å²) < 4.78 is 27.6. The van der Waals surface area contributed by atoms with Gasteiger partial charge in [0.05, 0.1) is 11.3 Å². The molecule has 1 saturated heterocycles. The first-order valence-electron chi connectivity index (χ1n) is 11.4. The first-order valence-corrected chi connectivity index (χ1v) is 11.4. The lowest BCUT2D eigenvalue weighted by Crippen LogP contribution is -2.34. The number of nitrogens with zero attached hydrogens (tertiary/aromatic N) is 2. The minimum atomic E-state index is -0.812. The molecule has 33 heavy (non-hydrogen) atoms. The second-order valence-electron chi connectivity index (χ2n) is 8.82. The lowest BCUT2D eigenvalue weighted by atomic mass is 9.89.